The fourth-order valence-corrected chi connectivity index (χ4v) is 3.51. The number of methoxy groups -OCH3 is 1. The van der Waals surface area contributed by atoms with Crippen molar-refractivity contribution in [1.82, 2.24) is 0 Å². The molecule has 5 heteroatoms. The van der Waals surface area contributed by atoms with E-state index in [4.69, 9.17) is 9.73 Å². The zero-order valence-electron chi connectivity index (χ0n) is 16.5. The molecule has 0 radical (unpaired) electrons. The van der Waals surface area contributed by atoms with Crippen molar-refractivity contribution >= 4 is 24.0 Å². The number of rotatable bonds is 5. The normalized spacial score (nSPS) is 13.0. The van der Waals surface area contributed by atoms with Crippen LogP contribution in [-0.2, 0) is 0 Å². The predicted octanol–water partition coefficient (Wildman–Crippen LogP) is 4.65. The van der Waals surface area contributed by atoms with E-state index >= 15 is 0 Å². The lowest BCUT2D eigenvalue weighted by molar-refractivity contribution is -0.706. The summed E-state index contributed by atoms with van der Waals surface area (Å²) in [6.45, 7) is 6.20. The van der Waals surface area contributed by atoms with Gasteiger partial charge in [0.2, 0.25) is 0 Å². The highest BCUT2D eigenvalue weighted by atomic mass is 16.5. The topological polar surface area (TPSA) is 57.2 Å². The Balaban J connectivity index is 1.73. The Kier molecular flexibility index (Phi) is 4.96. The maximum Gasteiger partial charge on any atom is 0.264 e. The molecule has 0 fully saturated rings. The van der Waals surface area contributed by atoms with E-state index in [1.165, 1.54) is 0 Å². The largest absolute Gasteiger partial charge is 0.496 e. The summed E-state index contributed by atoms with van der Waals surface area (Å²) in [4.78, 5) is 9.31. The van der Waals surface area contributed by atoms with E-state index in [2.05, 4.69) is 11.7 Å². The molecule has 0 bridgehead atoms. The molecule has 1 N–H and O–H groups in total. The van der Waals surface area contributed by atoms with Gasteiger partial charge < -0.3 is 4.74 Å². The van der Waals surface area contributed by atoms with Gasteiger partial charge in [0.1, 0.15) is 5.75 Å². The SMILES string of the molecule is C=[N+](O)c1cc(C2=NC(c3ccccc3OC)=NC2)ccc1-c1ccccc1C. The first-order valence-electron chi connectivity index (χ1n) is 9.34. The van der Waals surface area contributed by atoms with Gasteiger partial charge >= 0.3 is 0 Å². The average Bonchev–Trinajstić information content (AvgIpc) is 3.24. The van der Waals surface area contributed by atoms with Crippen molar-refractivity contribution in [2.45, 2.75) is 6.92 Å². The summed E-state index contributed by atoms with van der Waals surface area (Å²) in [6, 6.07) is 21.7. The van der Waals surface area contributed by atoms with Crippen LogP contribution < -0.4 is 4.74 Å². The van der Waals surface area contributed by atoms with Crippen LogP contribution in [0, 0.1) is 6.92 Å². The van der Waals surface area contributed by atoms with E-state index in [9.17, 15) is 5.21 Å². The molecule has 1 aliphatic rings. The summed E-state index contributed by atoms with van der Waals surface area (Å²) in [5.74, 6) is 1.39. The quantitative estimate of drug-likeness (QED) is 0.301. The summed E-state index contributed by atoms with van der Waals surface area (Å²) in [6.07, 6.45) is 0. The lowest BCUT2D eigenvalue weighted by atomic mass is 9.96. The molecule has 0 atom stereocenters. The zero-order chi connectivity index (χ0) is 20.4. The number of benzene rings is 3. The van der Waals surface area contributed by atoms with Crippen LogP contribution in [-0.4, -0.2) is 41.9 Å². The number of aryl methyl sites for hydroxylation is 1. The Morgan fingerprint density at radius 3 is 2.41 bits per heavy atom. The fourth-order valence-electron chi connectivity index (χ4n) is 3.51. The molecule has 1 heterocycles. The lowest BCUT2D eigenvalue weighted by Crippen LogP contribution is -2.05. The second-order valence-corrected chi connectivity index (χ2v) is 6.85. The van der Waals surface area contributed by atoms with Gasteiger partial charge in [-0.25, -0.2) is 4.99 Å². The molecule has 0 saturated heterocycles. The van der Waals surface area contributed by atoms with Gasteiger partial charge in [0, 0.05) is 16.4 Å². The van der Waals surface area contributed by atoms with E-state index in [0.717, 1.165) is 44.0 Å². The van der Waals surface area contributed by atoms with Gasteiger partial charge in [-0.3, -0.25) is 10.2 Å². The first-order valence-corrected chi connectivity index (χ1v) is 9.34. The first-order chi connectivity index (χ1) is 14.1. The van der Waals surface area contributed by atoms with Gasteiger partial charge in [0.05, 0.1) is 30.5 Å². The van der Waals surface area contributed by atoms with E-state index in [0.29, 0.717) is 18.1 Å². The molecule has 0 aromatic heterocycles. The fraction of sp³-hybridized carbons (Fsp3) is 0.125. The molecular formula is C24H22N3O2+. The molecule has 144 valence electrons. The van der Waals surface area contributed by atoms with Gasteiger partial charge in [0.25, 0.3) is 5.69 Å². The minimum absolute atomic E-state index is 0.471. The van der Waals surface area contributed by atoms with Crippen LogP contribution in [0.4, 0.5) is 5.69 Å². The second-order valence-electron chi connectivity index (χ2n) is 6.85. The van der Waals surface area contributed by atoms with Crippen LogP contribution in [0.2, 0.25) is 0 Å². The number of nitrogens with zero attached hydrogens (tertiary/aromatic N) is 3. The van der Waals surface area contributed by atoms with Crippen molar-refractivity contribution < 1.29 is 14.7 Å². The Hall–Kier alpha value is -3.73. The zero-order valence-corrected chi connectivity index (χ0v) is 16.5. The third-order valence-electron chi connectivity index (χ3n) is 5.01. The monoisotopic (exact) mass is 384 g/mol. The van der Waals surface area contributed by atoms with Gasteiger partial charge in [-0.2, -0.15) is 0 Å². The minimum Gasteiger partial charge on any atom is -0.496 e. The van der Waals surface area contributed by atoms with Crippen LogP contribution in [0.25, 0.3) is 11.1 Å². The Morgan fingerprint density at radius 2 is 1.69 bits per heavy atom. The van der Waals surface area contributed by atoms with E-state index in [1.54, 1.807) is 7.11 Å². The summed E-state index contributed by atoms with van der Waals surface area (Å²) in [5, 5.41) is 10.2. The number of ether oxygens (including phenoxy) is 1. The molecule has 5 nitrogen and oxygen atoms in total. The molecule has 29 heavy (non-hydrogen) atoms. The van der Waals surface area contributed by atoms with Gasteiger partial charge in [-0.15, -0.1) is 0 Å². The van der Waals surface area contributed by atoms with E-state index in [-0.39, 0.29) is 0 Å². The Bertz CT molecular complexity index is 1160. The molecule has 1 aliphatic heterocycles. The van der Waals surface area contributed by atoms with Crippen LogP contribution >= 0.6 is 0 Å². The Labute approximate surface area is 169 Å². The molecule has 0 unspecified atom stereocenters. The third kappa shape index (κ3) is 3.55. The highest BCUT2D eigenvalue weighted by molar-refractivity contribution is 6.18. The summed E-state index contributed by atoms with van der Waals surface area (Å²) < 4.78 is 6.33. The van der Waals surface area contributed by atoms with Gasteiger partial charge in [-0.1, -0.05) is 42.5 Å². The molecule has 4 rings (SSSR count). The maximum absolute atomic E-state index is 10.2. The third-order valence-corrected chi connectivity index (χ3v) is 5.01. The Morgan fingerprint density at radius 1 is 0.966 bits per heavy atom. The predicted molar refractivity (Wildman–Crippen MR) is 116 cm³/mol. The second kappa shape index (κ2) is 7.72. The highest BCUT2D eigenvalue weighted by Gasteiger charge is 2.21. The molecule has 3 aromatic rings. The number of hydrogen-bond acceptors (Lipinski definition) is 4. The molecule has 0 amide bonds. The summed E-state index contributed by atoms with van der Waals surface area (Å²) in [7, 11) is 1.64. The number of aliphatic imine (C=N–C) groups is 2. The number of hydrogen-bond donors (Lipinski definition) is 1. The number of amidine groups is 1. The maximum atomic E-state index is 10.2. The van der Waals surface area contributed by atoms with Crippen LogP contribution in [0.5, 0.6) is 5.75 Å². The van der Waals surface area contributed by atoms with Crippen molar-refractivity contribution in [3.05, 3.63) is 83.4 Å². The molecule has 0 saturated carbocycles. The molecular weight excluding hydrogens is 362 g/mol. The molecule has 0 aliphatic carbocycles. The van der Waals surface area contributed by atoms with Gasteiger partial charge in [0.15, 0.2) is 12.6 Å². The van der Waals surface area contributed by atoms with Crippen LogP contribution in [0.3, 0.4) is 0 Å². The van der Waals surface area contributed by atoms with Crippen LogP contribution in [0.1, 0.15) is 16.7 Å². The van der Waals surface area contributed by atoms with Crippen molar-refractivity contribution in [3.63, 3.8) is 0 Å². The number of para-hydroxylation sites is 1. The lowest BCUT2D eigenvalue weighted by Gasteiger charge is -2.09. The first kappa shape index (κ1) is 18.6. The molecule has 0 spiro atoms. The minimum atomic E-state index is 0.471. The molecule has 3 aromatic carbocycles. The van der Waals surface area contributed by atoms with Crippen molar-refractivity contribution in [3.8, 4) is 16.9 Å². The van der Waals surface area contributed by atoms with Crippen LogP contribution in [0.15, 0.2) is 76.7 Å². The highest BCUT2D eigenvalue weighted by Crippen LogP contribution is 2.33. The summed E-state index contributed by atoms with van der Waals surface area (Å²) >= 11 is 0. The summed E-state index contributed by atoms with van der Waals surface area (Å²) in [5.41, 5.74) is 6.31. The standard InChI is InChI=1S/C24H22N3O2/c1-16-8-4-5-9-18(16)19-13-12-17(14-22(19)27(2)28)21-15-25-24(26-21)20-10-6-7-11-23(20)29-3/h4-14,28H,2,15H2,1,3H3/q+1. The van der Waals surface area contributed by atoms with Crippen molar-refractivity contribution in [1.29, 1.82) is 0 Å². The van der Waals surface area contributed by atoms with Crippen molar-refractivity contribution in [2.24, 2.45) is 9.98 Å². The smallest absolute Gasteiger partial charge is 0.264 e. The van der Waals surface area contributed by atoms with E-state index in [1.807, 2.05) is 73.7 Å². The van der Waals surface area contributed by atoms with E-state index < -0.39 is 0 Å². The average molecular weight is 384 g/mol. The van der Waals surface area contributed by atoms with Gasteiger partial charge in [-0.05, 0) is 36.2 Å². The van der Waals surface area contributed by atoms with Crippen molar-refractivity contribution in [2.75, 3.05) is 13.7 Å².